The predicted molar refractivity (Wildman–Crippen MR) is 76.7 cm³/mol. The predicted octanol–water partition coefficient (Wildman–Crippen LogP) is 4.04. The van der Waals surface area contributed by atoms with Crippen molar-refractivity contribution in [1.29, 1.82) is 0 Å². The van der Waals surface area contributed by atoms with Crippen molar-refractivity contribution < 1.29 is 35.9 Å². The Morgan fingerprint density at radius 1 is 0.769 bits per heavy atom. The molecule has 3 nitrogen and oxygen atoms in total. The number of hydrogen-bond acceptors (Lipinski definition) is 2. The first kappa shape index (κ1) is 17.1. The summed E-state index contributed by atoms with van der Waals surface area (Å²) >= 11 is 0. The highest BCUT2D eigenvalue weighted by Gasteiger charge is 2.59. The zero-order chi connectivity index (χ0) is 19.0. The summed E-state index contributed by atoms with van der Waals surface area (Å²) in [7, 11) is 0. The Bertz CT molecular complexity index is 778. The van der Waals surface area contributed by atoms with E-state index in [1.165, 1.54) is 0 Å². The molecule has 1 saturated carbocycles. The van der Waals surface area contributed by atoms with E-state index in [-0.39, 0.29) is 17.9 Å². The third-order valence-electron chi connectivity index (χ3n) is 5.30. The highest BCUT2D eigenvalue weighted by molar-refractivity contribution is 6.22. The summed E-state index contributed by atoms with van der Waals surface area (Å²) < 4.78 is 78.1. The van der Waals surface area contributed by atoms with Crippen molar-refractivity contribution in [2.75, 3.05) is 4.90 Å². The summed E-state index contributed by atoms with van der Waals surface area (Å²) in [6.45, 7) is 0. The van der Waals surface area contributed by atoms with Gasteiger partial charge in [-0.25, -0.2) is 4.90 Å². The van der Waals surface area contributed by atoms with Gasteiger partial charge in [-0.3, -0.25) is 9.59 Å². The maximum Gasteiger partial charge on any atom is 0.416 e. The van der Waals surface area contributed by atoms with Gasteiger partial charge < -0.3 is 0 Å². The Labute approximate surface area is 143 Å². The first-order valence-corrected chi connectivity index (χ1v) is 7.84. The Morgan fingerprint density at radius 2 is 1.19 bits per heavy atom. The number of hydrogen-bond donors (Lipinski definition) is 0. The van der Waals surface area contributed by atoms with Gasteiger partial charge in [0.15, 0.2) is 0 Å². The number of imide groups is 1. The standard InChI is InChI=1S/C17H11F6NO2/c18-16(19,20)9-4-10(17(21,22)23)6-11(5-9)24-14(25)12-7-1-2-8(3-7)13(12)15(24)26/h1-2,4-8,12-13H,3H2/t7-,8+,12+,13-. The van der Waals surface area contributed by atoms with Gasteiger partial charge in [0.1, 0.15) is 0 Å². The number of fused-ring (bicyclic) bond motifs is 5. The Morgan fingerprint density at radius 3 is 1.58 bits per heavy atom. The Kier molecular flexibility index (Phi) is 3.36. The normalized spacial score (nSPS) is 30.5. The zero-order valence-electron chi connectivity index (χ0n) is 12.9. The van der Waals surface area contributed by atoms with E-state index in [0.717, 1.165) is 0 Å². The van der Waals surface area contributed by atoms with Crippen molar-refractivity contribution in [3.63, 3.8) is 0 Å². The van der Waals surface area contributed by atoms with E-state index in [1.807, 2.05) is 0 Å². The number of carbonyl (C=O) groups excluding carboxylic acids is 2. The summed E-state index contributed by atoms with van der Waals surface area (Å²) in [5.74, 6) is -3.27. The minimum Gasteiger partial charge on any atom is -0.274 e. The monoisotopic (exact) mass is 375 g/mol. The molecule has 0 radical (unpaired) electrons. The molecule has 2 bridgehead atoms. The molecule has 2 fully saturated rings. The molecule has 1 aromatic rings. The minimum absolute atomic E-state index is 0.0272. The summed E-state index contributed by atoms with van der Waals surface area (Å²) in [6, 6.07) is 0.809. The SMILES string of the molecule is O=C1[C@@H]2[C@H](C(=O)N1c1cc(C(F)(F)F)cc(C(F)(F)F)c1)[C@H]1C=C[C@@H]2C1. The van der Waals surface area contributed by atoms with Crippen LogP contribution < -0.4 is 4.90 Å². The van der Waals surface area contributed by atoms with Crippen LogP contribution in [-0.4, -0.2) is 11.8 Å². The van der Waals surface area contributed by atoms with Crippen molar-refractivity contribution in [3.8, 4) is 0 Å². The number of rotatable bonds is 1. The number of benzene rings is 1. The molecular formula is C17H11F6NO2. The van der Waals surface area contributed by atoms with E-state index in [4.69, 9.17) is 0 Å². The lowest BCUT2D eigenvalue weighted by Crippen LogP contribution is -2.33. The van der Waals surface area contributed by atoms with Crippen molar-refractivity contribution >= 4 is 17.5 Å². The van der Waals surface area contributed by atoms with Gasteiger partial charge in [-0.2, -0.15) is 26.3 Å². The van der Waals surface area contributed by atoms with Crippen molar-refractivity contribution in [3.05, 3.63) is 41.5 Å². The maximum atomic E-state index is 13.0. The van der Waals surface area contributed by atoms with Crippen LogP contribution in [0.1, 0.15) is 17.5 Å². The van der Waals surface area contributed by atoms with Gasteiger partial charge in [-0.05, 0) is 36.5 Å². The molecule has 1 saturated heterocycles. The van der Waals surface area contributed by atoms with Gasteiger partial charge in [0.2, 0.25) is 11.8 Å². The van der Waals surface area contributed by atoms with Crippen LogP contribution in [0, 0.1) is 23.7 Å². The largest absolute Gasteiger partial charge is 0.416 e. The maximum absolute atomic E-state index is 13.0. The van der Waals surface area contributed by atoms with E-state index in [1.54, 1.807) is 12.2 Å². The molecule has 2 amide bonds. The summed E-state index contributed by atoms with van der Waals surface area (Å²) in [4.78, 5) is 25.7. The molecule has 9 heteroatoms. The summed E-state index contributed by atoms with van der Waals surface area (Å²) in [5.41, 5.74) is -3.79. The number of carbonyl (C=O) groups is 2. The minimum atomic E-state index is -5.04. The topological polar surface area (TPSA) is 37.4 Å². The van der Waals surface area contributed by atoms with Gasteiger partial charge >= 0.3 is 12.4 Å². The molecule has 2 aliphatic carbocycles. The average molecular weight is 375 g/mol. The molecule has 3 aliphatic rings. The molecule has 0 spiro atoms. The molecule has 0 unspecified atom stereocenters. The van der Waals surface area contributed by atoms with Crippen molar-refractivity contribution in [2.24, 2.45) is 23.7 Å². The molecule has 1 aromatic carbocycles. The molecule has 1 heterocycles. The first-order chi connectivity index (χ1) is 12.0. The van der Waals surface area contributed by atoms with E-state index in [2.05, 4.69) is 0 Å². The number of alkyl halides is 6. The lowest BCUT2D eigenvalue weighted by Gasteiger charge is -2.20. The van der Waals surface area contributed by atoms with Crippen LogP contribution in [0.4, 0.5) is 32.0 Å². The fraction of sp³-hybridized carbons (Fsp3) is 0.412. The van der Waals surface area contributed by atoms with Crippen LogP contribution in [-0.2, 0) is 21.9 Å². The zero-order valence-corrected chi connectivity index (χ0v) is 12.9. The average Bonchev–Trinajstić information content (AvgIpc) is 3.19. The van der Waals surface area contributed by atoms with Gasteiger partial charge in [0.25, 0.3) is 0 Å². The Balaban J connectivity index is 1.81. The fourth-order valence-electron chi connectivity index (χ4n) is 4.22. The third-order valence-corrected chi connectivity index (χ3v) is 5.30. The third kappa shape index (κ3) is 2.36. The van der Waals surface area contributed by atoms with Gasteiger partial charge in [0, 0.05) is 0 Å². The molecule has 138 valence electrons. The van der Waals surface area contributed by atoms with Crippen LogP contribution >= 0.6 is 0 Å². The molecule has 0 N–H and O–H groups in total. The second-order valence-electron chi connectivity index (χ2n) is 6.78. The lowest BCUT2D eigenvalue weighted by molar-refractivity contribution is -0.143. The van der Waals surface area contributed by atoms with Crippen LogP contribution in [0.2, 0.25) is 0 Å². The number of anilines is 1. The highest BCUT2D eigenvalue weighted by Crippen LogP contribution is 2.53. The van der Waals surface area contributed by atoms with Gasteiger partial charge in [-0.1, -0.05) is 12.2 Å². The smallest absolute Gasteiger partial charge is 0.274 e. The second-order valence-corrected chi connectivity index (χ2v) is 6.78. The number of nitrogens with zero attached hydrogens (tertiary/aromatic N) is 1. The number of amides is 2. The second kappa shape index (κ2) is 5.11. The van der Waals surface area contributed by atoms with E-state index >= 15 is 0 Å². The van der Waals surface area contributed by atoms with E-state index in [9.17, 15) is 35.9 Å². The van der Waals surface area contributed by atoms with Crippen LogP contribution in [0.25, 0.3) is 0 Å². The van der Waals surface area contributed by atoms with Gasteiger partial charge in [-0.15, -0.1) is 0 Å². The van der Waals surface area contributed by atoms with Crippen LogP contribution in [0.5, 0.6) is 0 Å². The van der Waals surface area contributed by atoms with E-state index < -0.39 is 52.8 Å². The molecule has 4 rings (SSSR count). The molecule has 4 atom stereocenters. The van der Waals surface area contributed by atoms with Crippen molar-refractivity contribution in [2.45, 2.75) is 18.8 Å². The van der Waals surface area contributed by atoms with Crippen LogP contribution in [0.15, 0.2) is 30.4 Å². The fourth-order valence-corrected chi connectivity index (χ4v) is 4.22. The number of allylic oxidation sites excluding steroid dienone is 2. The first-order valence-electron chi connectivity index (χ1n) is 7.84. The van der Waals surface area contributed by atoms with E-state index in [0.29, 0.717) is 23.5 Å². The summed E-state index contributed by atoms with van der Waals surface area (Å²) in [5, 5.41) is 0. The van der Waals surface area contributed by atoms with Crippen molar-refractivity contribution in [1.82, 2.24) is 0 Å². The molecule has 26 heavy (non-hydrogen) atoms. The molecule has 0 aromatic heterocycles. The highest BCUT2D eigenvalue weighted by atomic mass is 19.4. The van der Waals surface area contributed by atoms with Gasteiger partial charge in [0.05, 0.1) is 28.7 Å². The molecular weight excluding hydrogens is 364 g/mol. The lowest BCUT2D eigenvalue weighted by atomic mass is 9.85. The number of halogens is 6. The summed E-state index contributed by atoms with van der Waals surface area (Å²) in [6.07, 6.45) is -5.91. The quantitative estimate of drug-likeness (QED) is 0.422. The van der Waals surface area contributed by atoms with Crippen LogP contribution in [0.3, 0.4) is 0 Å². The Hall–Kier alpha value is -2.32. The molecule has 1 aliphatic heterocycles.